The molecule has 8 heteroatoms. The Kier molecular flexibility index (Phi) is 7.31. The summed E-state index contributed by atoms with van der Waals surface area (Å²) in [5.74, 6) is 0.382. The van der Waals surface area contributed by atoms with Gasteiger partial charge in [0, 0.05) is 17.3 Å². The molecule has 1 aromatic heterocycles. The molecule has 0 spiro atoms. The topological polar surface area (TPSA) is 85.2 Å². The van der Waals surface area contributed by atoms with Crippen molar-refractivity contribution >= 4 is 40.0 Å². The summed E-state index contributed by atoms with van der Waals surface area (Å²) < 4.78 is 7.33. The maximum atomic E-state index is 13.2. The number of hydrogen-bond acceptors (Lipinski definition) is 4. The standard InChI is InChI=1S/C28H29ClN4O3/c1-5-36-20-12-10-19(11-13-20)33-25-8-6-7-24(22(25)17-31-33)32-26(34)21-15-18(9-14-23(21)29)16-30-27(35)28(2,3)4/h6-15,17H,5,16H2,1-4H3,(H,30,35)(H,32,34). The summed E-state index contributed by atoms with van der Waals surface area (Å²) in [6.45, 7) is 8.40. The number of amides is 2. The first-order valence-electron chi connectivity index (χ1n) is 11.8. The molecule has 4 rings (SSSR count). The zero-order valence-electron chi connectivity index (χ0n) is 20.8. The van der Waals surface area contributed by atoms with Crippen LogP contribution in [0.15, 0.2) is 66.9 Å². The third-order valence-corrected chi connectivity index (χ3v) is 5.99. The van der Waals surface area contributed by atoms with Crippen molar-refractivity contribution in [3.05, 3.63) is 83.0 Å². The third-order valence-electron chi connectivity index (χ3n) is 5.66. The fourth-order valence-corrected chi connectivity index (χ4v) is 3.91. The molecular weight excluding hydrogens is 476 g/mol. The molecule has 0 atom stereocenters. The van der Waals surface area contributed by atoms with Crippen molar-refractivity contribution in [2.24, 2.45) is 5.41 Å². The number of aromatic nitrogens is 2. The molecule has 186 valence electrons. The van der Waals surface area contributed by atoms with E-state index in [1.54, 1.807) is 24.4 Å². The number of carbonyl (C=O) groups excluding carboxylic acids is 2. The summed E-state index contributed by atoms with van der Waals surface area (Å²) in [5, 5.41) is 11.5. The lowest BCUT2D eigenvalue weighted by molar-refractivity contribution is -0.128. The van der Waals surface area contributed by atoms with Crippen LogP contribution >= 0.6 is 11.6 Å². The normalized spacial score (nSPS) is 11.4. The molecule has 3 aromatic carbocycles. The number of anilines is 1. The Labute approximate surface area is 215 Å². The molecule has 1 heterocycles. The van der Waals surface area contributed by atoms with Gasteiger partial charge >= 0.3 is 0 Å². The second-order valence-electron chi connectivity index (χ2n) is 9.42. The molecule has 2 N–H and O–H groups in total. The predicted octanol–water partition coefficient (Wildman–Crippen LogP) is 5.99. The van der Waals surface area contributed by atoms with Crippen LogP contribution in [0.3, 0.4) is 0 Å². The Bertz CT molecular complexity index is 1400. The predicted molar refractivity (Wildman–Crippen MR) is 143 cm³/mol. The minimum Gasteiger partial charge on any atom is -0.494 e. The van der Waals surface area contributed by atoms with Crippen LogP contribution in [0, 0.1) is 5.41 Å². The van der Waals surface area contributed by atoms with Crippen LogP contribution in [0.25, 0.3) is 16.6 Å². The van der Waals surface area contributed by atoms with Gasteiger partial charge in [-0.1, -0.05) is 44.5 Å². The Morgan fingerprint density at radius 1 is 1.06 bits per heavy atom. The van der Waals surface area contributed by atoms with E-state index < -0.39 is 5.41 Å². The number of rotatable bonds is 7. The number of benzene rings is 3. The summed E-state index contributed by atoms with van der Waals surface area (Å²) in [7, 11) is 0. The molecular formula is C28H29ClN4O3. The molecule has 0 bridgehead atoms. The zero-order chi connectivity index (χ0) is 25.9. The average molecular weight is 505 g/mol. The molecule has 0 aliphatic carbocycles. The lowest BCUT2D eigenvalue weighted by atomic mass is 9.95. The first-order valence-corrected chi connectivity index (χ1v) is 12.1. The van der Waals surface area contributed by atoms with Crippen molar-refractivity contribution in [2.75, 3.05) is 11.9 Å². The van der Waals surface area contributed by atoms with E-state index in [0.29, 0.717) is 29.4 Å². The number of halogens is 1. The van der Waals surface area contributed by atoms with Crippen molar-refractivity contribution in [1.29, 1.82) is 0 Å². The van der Waals surface area contributed by atoms with Crippen molar-refractivity contribution in [2.45, 2.75) is 34.2 Å². The highest BCUT2D eigenvalue weighted by Crippen LogP contribution is 2.28. The van der Waals surface area contributed by atoms with Gasteiger partial charge in [0.1, 0.15) is 5.75 Å². The molecule has 0 saturated heterocycles. The highest BCUT2D eigenvalue weighted by atomic mass is 35.5. The van der Waals surface area contributed by atoms with Gasteiger partial charge in [-0.05, 0) is 61.0 Å². The summed E-state index contributed by atoms with van der Waals surface area (Å²) in [4.78, 5) is 25.4. The Morgan fingerprint density at radius 2 is 1.81 bits per heavy atom. The molecule has 0 radical (unpaired) electrons. The number of hydrogen-bond donors (Lipinski definition) is 2. The van der Waals surface area contributed by atoms with E-state index >= 15 is 0 Å². The number of nitrogens with zero attached hydrogens (tertiary/aromatic N) is 2. The number of fused-ring (bicyclic) bond motifs is 1. The van der Waals surface area contributed by atoms with E-state index in [9.17, 15) is 9.59 Å². The summed E-state index contributed by atoms with van der Waals surface area (Å²) in [6, 6.07) is 18.5. The van der Waals surface area contributed by atoms with Gasteiger partial charge in [0.15, 0.2) is 0 Å². The van der Waals surface area contributed by atoms with Crippen molar-refractivity contribution in [3.8, 4) is 11.4 Å². The lowest BCUT2D eigenvalue weighted by Crippen LogP contribution is -2.34. The van der Waals surface area contributed by atoms with Crippen molar-refractivity contribution in [1.82, 2.24) is 15.1 Å². The van der Waals surface area contributed by atoms with Gasteiger partial charge in [-0.15, -0.1) is 0 Å². The Hall–Kier alpha value is -3.84. The van der Waals surface area contributed by atoms with E-state index in [2.05, 4.69) is 15.7 Å². The van der Waals surface area contributed by atoms with Gasteiger partial charge in [0.05, 0.1) is 40.3 Å². The molecule has 0 unspecified atom stereocenters. The first kappa shape index (κ1) is 25.3. The van der Waals surface area contributed by atoms with Gasteiger partial charge in [0.25, 0.3) is 5.91 Å². The molecule has 0 aliphatic heterocycles. The molecule has 0 aliphatic rings. The van der Waals surface area contributed by atoms with Crippen molar-refractivity contribution < 1.29 is 14.3 Å². The number of carbonyl (C=O) groups is 2. The highest BCUT2D eigenvalue weighted by Gasteiger charge is 2.21. The van der Waals surface area contributed by atoms with Crippen LogP contribution in [0.4, 0.5) is 5.69 Å². The number of ether oxygens (including phenoxy) is 1. The Morgan fingerprint density at radius 3 is 2.50 bits per heavy atom. The fraction of sp³-hybridized carbons (Fsp3) is 0.250. The second kappa shape index (κ2) is 10.4. The van der Waals surface area contributed by atoms with Gasteiger partial charge < -0.3 is 15.4 Å². The zero-order valence-corrected chi connectivity index (χ0v) is 21.5. The van der Waals surface area contributed by atoms with E-state index in [0.717, 1.165) is 27.9 Å². The van der Waals surface area contributed by atoms with Crippen LogP contribution in [-0.4, -0.2) is 28.2 Å². The van der Waals surface area contributed by atoms with Crippen LogP contribution in [0.1, 0.15) is 43.6 Å². The van der Waals surface area contributed by atoms with E-state index in [1.165, 1.54) is 0 Å². The van der Waals surface area contributed by atoms with Crippen molar-refractivity contribution in [3.63, 3.8) is 0 Å². The molecule has 2 amide bonds. The molecule has 0 fully saturated rings. The fourth-order valence-electron chi connectivity index (χ4n) is 3.71. The lowest BCUT2D eigenvalue weighted by Gasteiger charge is -2.18. The quantitative estimate of drug-likeness (QED) is 0.323. The van der Waals surface area contributed by atoms with Crippen LogP contribution in [0.2, 0.25) is 5.02 Å². The smallest absolute Gasteiger partial charge is 0.257 e. The van der Waals surface area contributed by atoms with Gasteiger partial charge in [-0.25, -0.2) is 4.68 Å². The second-order valence-corrected chi connectivity index (χ2v) is 9.83. The molecule has 0 saturated carbocycles. The largest absolute Gasteiger partial charge is 0.494 e. The summed E-state index contributed by atoms with van der Waals surface area (Å²) in [5.41, 5.74) is 2.96. The number of nitrogens with one attached hydrogen (secondary N) is 2. The molecule has 7 nitrogen and oxygen atoms in total. The summed E-state index contributed by atoms with van der Waals surface area (Å²) >= 11 is 6.36. The van der Waals surface area contributed by atoms with Crippen LogP contribution in [0.5, 0.6) is 5.75 Å². The SMILES string of the molecule is CCOc1ccc(-n2ncc3c(NC(=O)c4cc(CNC(=O)C(C)(C)C)ccc4Cl)cccc32)cc1. The van der Waals surface area contributed by atoms with E-state index in [1.807, 2.05) is 74.8 Å². The minimum absolute atomic E-state index is 0.0697. The Balaban J connectivity index is 1.56. The maximum Gasteiger partial charge on any atom is 0.257 e. The highest BCUT2D eigenvalue weighted by molar-refractivity contribution is 6.34. The van der Waals surface area contributed by atoms with Crippen LogP contribution in [-0.2, 0) is 11.3 Å². The third kappa shape index (κ3) is 5.52. The monoisotopic (exact) mass is 504 g/mol. The average Bonchev–Trinajstić information content (AvgIpc) is 3.28. The summed E-state index contributed by atoms with van der Waals surface area (Å²) in [6.07, 6.45) is 1.72. The molecule has 36 heavy (non-hydrogen) atoms. The molecule has 4 aromatic rings. The first-order chi connectivity index (χ1) is 17.2. The van der Waals surface area contributed by atoms with E-state index in [-0.39, 0.29) is 11.8 Å². The minimum atomic E-state index is -0.499. The van der Waals surface area contributed by atoms with Gasteiger partial charge in [-0.2, -0.15) is 5.10 Å². The van der Waals surface area contributed by atoms with Crippen LogP contribution < -0.4 is 15.4 Å². The van der Waals surface area contributed by atoms with E-state index in [4.69, 9.17) is 16.3 Å². The van der Waals surface area contributed by atoms with Gasteiger partial charge in [0.2, 0.25) is 5.91 Å². The van der Waals surface area contributed by atoms with Gasteiger partial charge in [-0.3, -0.25) is 9.59 Å². The maximum absolute atomic E-state index is 13.2.